The third-order valence-corrected chi connectivity index (χ3v) is 7.42. The van der Waals surface area contributed by atoms with Crippen LogP contribution in [0.15, 0.2) is 59.5 Å². The van der Waals surface area contributed by atoms with Crippen molar-refractivity contribution in [3.8, 4) is 17.2 Å². The molecule has 9 heteroatoms. The zero-order valence-electron chi connectivity index (χ0n) is 18.3. The summed E-state index contributed by atoms with van der Waals surface area (Å²) in [6.45, 7) is 1.25. The molecule has 0 bridgehead atoms. The molecule has 4 rings (SSSR count). The smallest absolute Gasteiger partial charge is 0.264 e. The van der Waals surface area contributed by atoms with E-state index in [9.17, 15) is 17.9 Å². The van der Waals surface area contributed by atoms with Crippen LogP contribution in [0.5, 0.6) is 17.2 Å². The summed E-state index contributed by atoms with van der Waals surface area (Å²) in [5.74, 6) is -0.195. The summed E-state index contributed by atoms with van der Waals surface area (Å²) in [5, 5.41) is 12.9. The van der Waals surface area contributed by atoms with Crippen molar-refractivity contribution >= 4 is 15.7 Å². The summed E-state index contributed by atoms with van der Waals surface area (Å²) in [6, 6.07) is 13.4. The highest BCUT2D eigenvalue weighted by Gasteiger charge is 2.29. The molecule has 0 atom stereocenters. The van der Waals surface area contributed by atoms with Crippen molar-refractivity contribution in [3.05, 3.63) is 77.1 Å². The van der Waals surface area contributed by atoms with E-state index in [2.05, 4.69) is 5.32 Å². The van der Waals surface area contributed by atoms with Crippen LogP contribution in [-0.4, -0.2) is 34.3 Å². The molecule has 33 heavy (non-hydrogen) atoms. The third-order valence-electron chi connectivity index (χ3n) is 5.66. The van der Waals surface area contributed by atoms with Crippen molar-refractivity contribution in [1.82, 2.24) is 5.32 Å². The Morgan fingerprint density at radius 2 is 1.85 bits per heavy atom. The Morgan fingerprint density at radius 3 is 2.58 bits per heavy atom. The number of nitrogens with one attached hydrogen (secondary N) is 1. The molecule has 0 fully saturated rings. The van der Waals surface area contributed by atoms with Crippen LogP contribution in [0.2, 0.25) is 0 Å². The maximum atomic E-state index is 14.9. The lowest BCUT2D eigenvalue weighted by Crippen LogP contribution is -2.32. The largest absolute Gasteiger partial charge is 0.508 e. The molecule has 0 aliphatic carbocycles. The number of phenolic OH excluding ortho intramolecular Hbond substituents is 1. The first-order valence-electron chi connectivity index (χ1n) is 10.4. The number of phenols is 1. The van der Waals surface area contributed by atoms with E-state index in [1.165, 1.54) is 32.4 Å². The summed E-state index contributed by atoms with van der Waals surface area (Å²) >= 11 is 0. The highest BCUT2D eigenvalue weighted by Crippen LogP contribution is 2.34. The molecule has 3 aromatic rings. The van der Waals surface area contributed by atoms with E-state index in [0.717, 1.165) is 28.0 Å². The minimum absolute atomic E-state index is 0.0723. The number of halogens is 1. The molecule has 1 aliphatic rings. The van der Waals surface area contributed by atoms with Gasteiger partial charge < -0.3 is 19.9 Å². The molecule has 3 aromatic carbocycles. The third kappa shape index (κ3) is 4.60. The van der Waals surface area contributed by atoms with Gasteiger partial charge in [-0.3, -0.25) is 4.31 Å². The van der Waals surface area contributed by atoms with E-state index in [4.69, 9.17) is 9.47 Å². The van der Waals surface area contributed by atoms with Gasteiger partial charge in [0.1, 0.15) is 17.2 Å². The summed E-state index contributed by atoms with van der Waals surface area (Å²) in [6.07, 6.45) is 0.707. The summed E-state index contributed by atoms with van der Waals surface area (Å²) in [4.78, 5) is 0.0723. The number of hydrogen-bond donors (Lipinski definition) is 2. The van der Waals surface area contributed by atoms with Crippen LogP contribution in [0, 0.1) is 5.82 Å². The van der Waals surface area contributed by atoms with Gasteiger partial charge in [0.15, 0.2) is 5.82 Å². The molecule has 0 radical (unpaired) electrons. The molecule has 0 spiro atoms. The number of methoxy groups -OCH3 is 2. The Bertz CT molecular complexity index is 1280. The van der Waals surface area contributed by atoms with Crippen molar-refractivity contribution in [2.45, 2.75) is 24.4 Å². The van der Waals surface area contributed by atoms with Gasteiger partial charge in [-0.05, 0) is 60.5 Å². The van der Waals surface area contributed by atoms with Crippen LogP contribution in [0.25, 0.3) is 0 Å². The second kappa shape index (κ2) is 9.29. The number of nitrogens with zero attached hydrogens (tertiary/aromatic N) is 1. The molecular weight excluding hydrogens is 447 g/mol. The van der Waals surface area contributed by atoms with E-state index in [-0.39, 0.29) is 22.9 Å². The zero-order valence-corrected chi connectivity index (χ0v) is 19.2. The van der Waals surface area contributed by atoms with Gasteiger partial charge in [0.05, 0.1) is 31.3 Å². The van der Waals surface area contributed by atoms with Gasteiger partial charge in [0.2, 0.25) is 0 Å². The zero-order chi connectivity index (χ0) is 23.6. The number of anilines is 1. The first kappa shape index (κ1) is 22.9. The fraction of sp³-hybridized carbons (Fsp3) is 0.250. The normalized spacial score (nSPS) is 13.3. The van der Waals surface area contributed by atoms with Crippen molar-refractivity contribution in [3.63, 3.8) is 0 Å². The van der Waals surface area contributed by atoms with Crippen molar-refractivity contribution < 1.29 is 27.4 Å². The maximum absolute atomic E-state index is 14.9. The molecule has 7 nitrogen and oxygen atoms in total. The first-order valence-corrected chi connectivity index (χ1v) is 11.8. The van der Waals surface area contributed by atoms with Crippen LogP contribution >= 0.6 is 0 Å². The van der Waals surface area contributed by atoms with E-state index >= 15 is 0 Å². The van der Waals surface area contributed by atoms with Gasteiger partial charge in [-0.25, -0.2) is 12.8 Å². The molecular formula is C24H25FN2O5S. The lowest BCUT2D eigenvalue weighted by atomic mass is 10.0. The average molecular weight is 473 g/mol. The van der Waals surface area contributed by atoms with Crippen molar-refractivity contribution in [1.29, 1.82) is 0 Å². The Hall–Kier alpha value is -3.30. The van der Waals surface area contributed by atoms with E-state index in [1.54, 1.807) is 30.3 Å². The summed E-state index contributed by atoms with van der Waals surface area (Å²) in [7, 11) is -1.17. The standard InChI is InChI=1S/C24H25FN2O5S/c1-31-20-6-3-18(24(13-20)32-2)15-27(23-8-5-19(28)12-22(23)25)33(29,30)21-7-4-17-14-26-10-9-16(17)11-21/h3-8,11-13,26,28H,9-10,14-15H2,1-2H3. The van der Waals surface area contributed by atoms with Crippen LogP contribution in [0.1, 0.15) is 16.7 Å². The average Bonchev–Trinajstić information content (AvgIpc) is 2.82. The number of benzene rings is 3. The molecule has 0 amide bonds. The van der Waals surface area contributed by atoms with Crippen LogP contribution in [0.4, 0.5) is 10.1 Å². The summed E-state index contributed by atoms with van der Waals surface area (Å²) in [5.41, 5.74) is 2.34. The highest BCUT2D eigenvalue weighted by molar-refractivity contribution is 7.92. The molecule has 0 aromatic heterocycles. The number of ether oxygens (including phenoxy) is 2. The topological polar surface area (TPSA) is 88.1 Å². The van der Waals surface area contributed by atoms with Crippen LogP contribution < -0.4 is 19.1 Å². The lowest BCUT2D eigenvalue weighted by molar-refractivity contribution is 0.391. The molecule has 0 saturated carbocycles. The number of fused-ring (bicyclic) bond motifs is 1. The number of aromatic hydroxyl groups is 1. The highest BCUT2D eigenvalue weighted by atomic mass is 32.2. The van der Waals surface area contributed by atoms with Gasteiger partial charge in [-0.1, -0.05) is 6.07 Å². The Morgan fingerprint density at radius 1 is 1.03 bits per heavy atom. The minimum atomic E-state index is -4.16. The molecule has 0 unspecified atom stereocenters. The monoisotopic (exact) mass is 472 g/mol. The quantitative estimate of drug-likeness (QED) is 0.547. The van der Waals surface area contributed by atoms with Gasteiger partial charge in [0, 0.05) is 24.2 Å². The molecule has 0 saturated heterocycles. The van der Waals surface area contributed by atoms with Gasteiger partial charge in [-0.15, -0.1) is 0 Å². The fourth-order valence-corrected chi connectivity index (χ4v) is 5.38. The summed E-state index contributed by atoms with van der Waals surface area (Å²) < 4.78 is 54.1. The van der Waals surface area contributed by atoms with E-state index in [0.29, 0.717) is 30.0 Å². The van der Waals surface area contributed by atoms with Gasteiger partial charge >= 0.3 is 0 Å². The van der Waals surface area contributed by atoms with Crippen molar-refractivity contribution in [2.24, 2.45) is 0 Å². The Balaban J connectivity index is 1.82. The lowest BCUT2D eigenvalue weighted by Gasteiger charge is -2.27. The molecule has 1 aliphatic heterocycles. The van der Waals surface area contributed by atoms with Crippen LogP contribution in [0.3, 0.4) is 0 Å². The maximum Gasteiger partial charge on any atom is 0.264 e. The second-order valence-electron chi connectivity index (χ2n) is 7.68. The first-order chi connectivity index (χ1) is 15.8. The predicted molar refractivity (Wildman–Crippen MR) is 123 cm³/mol. The fourth-order valence-electron chi connectivity index (χ4n) is 3.88. The minimum Gasteiger partial charge on any atom is -0.508 e. The van der Waals surface area contributed by atoms with E-state index in [1.807, 2.05) is 0 Å². The van der Waals surface area contributed by atoms with Gasteiger partial charge in [0.25, 0.3) is 10.0 Å². The van der Waals surface area contributed by atoms with Crippen LogP contribution in [-0.2, 0) is 29.5 Å². The van der Waals surface area contributed by atoms with Crippen molar-refractivity contribution in [2.75, 3.05) is 25.1 Å². The number of rotatable bonds is 7. The second-order valence-corrected chi connectivity index (χ2v) is 9.54. The number of sulfonamides is 1. The Labute approximate surface area is 192 Å². The molecule has 1 heterocycles. The predicted octanol–water partition coefficient (Wildman–Crippen LogP) is 3.59. The van der Waals surface area contributed by atoms with E-state index < -0.39 is 15.8 Å². The SMILES string of the molecule is COc1ccc(CN(c2ccc(O)cc2F)S(=O)(=O)c2ccc3c(c2)CCNC3)c(OC)c1. The Kier molecular flexibility index (Phi) is 6.44. The van der Waals surface area contributed by atoms with Gasteiger partial charge in [-0.2, -0.15) is 0 Å². The molecule has 2 N–H and O–H groups in total. The molecule has 174 valence electrons. The number of hydrogen-bond acceptors (Lipinski definition) is 6.